The number of aryl methyl sites for hydroxylation is 1. The van der Waals surface area contributed by atoms with E-state index in [4.69, 9.17) is 0 Å². The van der Waals surface area contributed by atoms with Gasteiger partial charge in [-0.3, -0.25) is 0 Å². The summed E-state index contributed by atoms with van der Waals surface area (Å²) < 4.78 is 2.08. The van der Waals surface area contributed by atoms with Crippen LogP contribution in [0.15, 0.2) is 12.3 Å². The van der Waals surface area contributed by atoms with Crippen molar-refractivity contribution in [2.45, 2.75) is 58.0 Å². The Morgan fingerprint density at radius 2 is 2.20 bits per heavy atom. The zero-order chi connectivity index (χ0) is 10.5. The predicted octanol–water partition coefficient (Wildman–Crippen LogP) is 3.04. The standard InChI is InChI=1S/C12H21N3/c1-2-10-15-12(8-9-13-15)14-11-6-4-3-5-7-11/h8-9,11,14H,2-7,10H2,1H3. The fraction of sp³-hybridized carbons (Fsp3) is 0.750. The molecule has 84 valence electrons. The number of nitrogens with zero attached hydrogens (tertiary/aromatic N) is 2. The Bertz CT molecular complexity index is 287. The fourth-order valence-corrected chi connectivity index (χ4v) is 2.30. The normalized spacial score (nSPS) is 17.9. The van der Waals surface area contributed by atoms with Gasteiger partial charge in [-0.25, -0.2) is 4.68 Å². The van der Waals surface area contributed by atoms with E-state index in [1.165, 1.54) is 37.9 Å². The van der Waals surface area contributed by atoms with Crippen LogP contribution < -0.4 is 5.32 Å². The summed E-state index contributed by atoms with van der Waals surface area (Å²) in [5.74, 6) is 1.20. The van der Waals surface area contributed by atoms with E-state index in [-0.39, 0.29) is 0 Å². The molecule has 1 aliphatic carbocycles. The third kappa shape index (κ3) is 2.74. The minimum Gasteiger partial charge on any atom is -0.368 e. The molecule has 3 nitrogen and oxygen atoms in total. The van der Waals surface area contributed by atoms with Crippen molar-refractivity contribution in [3.63, 3.8) is 0 Å². The highest BCUT2D eigenvalue weighted by atomic mass is 15.3. The van der Waals surface area contributed by atoms with Crippen molar-refractivity contribution in [1.29, 1.82) is 0 Å². The second-order valence-electron chi connectivity index (χ2n) is 4.42. The van der Waals surface area contributed by atoms with Gasteiger partial charge in [0.25, 0.3) is 0 Å². The van der Waals surface area contributed by atoms with Crippen molar-refractivity contribution in [2.75, 3.05) is 5.32 Å². The molecule has 0 aromatic carbocycles. The summed E-state index contributed by atoms with van der Waals surface area (Å²) in [5.41, 5.74) is 0. The Balaban J connectivity index is 1.93. The molecule has 1 aromatic heterocycles. The average Bonchev–Trinajstić information content (AvgIpc) is 2.68. The summed E-state index contributed by atoms with van der Waals surface area (Å²) in [7, 11) is 0. The summed E-state index contributed by atoms with van der Waals surface area (Å²) in [5, 5.41) is 7.94. The number of hydrogen-bond acceptors (Lipinski definition) is 2. The van der Waals surface area contributed by atoms with Gasteiger partial charge in [-0.1, -0.05) is 26.2 Å². The van der Waals surface area contributed by atoms with Crippen LogP contribution in [0.2, 0.25) is 0 Å². The van der Waals surface area contributed by atoms with Gasteiger partial charge < -0.3 is 5.32 Å². The van der Waals surface area contributed by atoms with E-state index in [2.05, 4.69) is 28.1 Å². The van der Waals surface area contributed by atoms with Crippen LogP contribution in [-0.4, -0.2) is 15.8 Å². The lowest BCUT2D eigenvalue weighted by molar-refractivity contribution is 0.458. The maximum Gasteiger partial charge on any atom is 0.124 e. The van der Waals surface area contributed by atoms with Crippen molar-refractivity contribution in [2.24, 2.45) is 0 Å². The van der Waals surface area contributed by atoms with Crippen molar-refractivity contribution in [3.8, 4) is 0 Å². The molecule has 0 saturated heterocycles. The Morgan fingerprint density at radius 1 is 1.40 bits per heavy atom. The van der Waals surface area contributed by atoms with E-state index in [1.54, 1.807) is 0 Å². The number of hydrogen-bond donors (Lipinski definition) is 1. The van der Waals surface area contributed by atoms with Gasteiger partial charge >= 0.3 is 0 Å². The molecule has 15 heavy (non-hydrogen) atoms. The summed E-state index contributed by atoms with van der Waals surface area (Å²) in [6.07, 6.45) is 9.82. The van der Waals surface area contributed by atoms with E-state index in [0.29, 0.717) is 6.04 Å². The smallest absolute Gasteiger partial charge is 0.124 e. The predicted molar refractivity (Wildman–Crippen MR) is 63.0 cm³/mol. The van der Waals surface area contributed by atoms with Crippen LogP contribution in [0, 0.1) is 0 Å². The average molecular weight is 207 g/mol. The maximum atomic E-state index is 4.33. The van der Waals surface area contributed by atoms with Crippen molar-refractivity contribution in [3.05, 3.63) is 12.3 Å². The zero-order valence-electron chi connectivity index (χ0n) is 9.58. The second-order valence-corrected chi connectivity index (χ2v) is 4.42. The molecule has 1 fully saturated rings. The molecule has 0 amide bonds. The summed E-state index contributed by atoms with van der Waals surface area (Å²) in [6.45, 7) is 3.20. The monoisotopic (exact) mass is 207 g/mol. The van der Waals surface area contributed by atoms with Gasteiger partial charge in [0.15, 0.2) is 0 Å². The molecule has 3 heteroatoms. The molecule has 0 atom stereocenters. The molecular formula is C12H21N3. The Labute approximate surface area is 91.9 Å². The molecule has 1 heterocycles. The van der Waals surface area contributed by atoms with E-state index < -0.39 is 0 Å². The van der Waals surface area contributed by atoms with E-state index in [0.717, 1.165) is 13.0 Å². The molecule has 0 radical (unpaired) electrons. The largest absolute Gasteiger partial charge is 0.368 e. The second kappa shape index (κ2) is 5.19. The highest BCUT2D eigenvalue weighted by Gasteiger charge is 2.14. The van der Waals surface area contributed by atoms with Crippen LogP contribution in [-0.2, 0) is 6.54 Å². The summed E-state index contributed by atoms with van der Waals surface area (Å²) >= 11 is 0. The molecule has 1 aliphatic rings. The van der Waals surface area contributed by atoms with Gasteiger partial charge in [0, 0.05) is 18.7 Å². The topological polar surface area (TPSA) is 29.9 Å². The first-order chi connectivity index (χ1) is 7.40. The molecule has 0 aliphatic heterocycles. The lowest BCUT2D eigenvalue weighted by atomic mass is 9.95. The third-order valence-corrected chi connectivity index (χ3v) is 3.11. The van der Waals surface area contributed by atoms with Crippen molar-refractivity contribution >= 4 is 5.82 Å². The first-order valence-corrected chi connectivity index (χ1v) is 6.18. The minimum atomic E-state index is 0.672. The summed E-state index contributed by atoms with van der Waals surface area (Å²) in [4.78, 5) is 0. The van der Waals surface area contributed by atoms with Crippen LogP contribution in [0.5, 0.6) is 0 Å². The van der Waals surface area contributed by atoms with Crippen LogP contribution >= 0.6 is 0 Å². The number of anilines is 1. The lowest BCUT2D eigenvalue weighted by Gasteiger charge is -2.24. The quantitative estimate of drug-likeness (QED) is 0.822. The molecule has 1 aromatic rings. The first kappa shape index (κ1) is 10.5. The van der Waals surface area contributed by atoms with E-state index in [1.807, 2.05) is 6.20 Å². The van der Waals surface area contributed by atoms with E-state index >= 15 is 0 Å². The van der Waals surface area contributed by atoms with Gasteiger partial charge in [0.05, 0.1) is 6.20 Å². The molecule has 1 saturated carbocycles. The third-order valence-electron chi connectivity index (χ3n) is 3.11. The number of rotatable bonds is 4. The summed E-state index contributed by atoms with van der Waals surface area (Å²) in [6, 6.07) is 2.76. The molecular weight excluding hydrogens is 186 g/mol. The number of aromatic nitrogens is 2. The van der Waals surface area contributed by atoms with Gasteiger partial charge in [-0.05, 0) is 19.3 Å². The highest BCUT2D eigenvalue weighted by molar-refractivity contribution is 5.35. The van der Waals surface area contributed by atoms with Crippen LogP contribution in [0.25, 0.3) is 0 Å². The van der Waals surface area contributed by atoms with Gasteiger partial charge in [-0.15, -0.1) is 0 Å². The van der Waals surface area contributed by atoms with Crippen LogP contribution in [0.4, 0.5) is 5.82 Å². The molecule has 0 bridgehead atoms. The van der Waals surface area contributed by atoms with Gasteiger partial charge in [0.1, 0.15) is 5.82 Å². The highest BCUT2D eigenvalue weighted by Crippen LogP contribution is 2.21. The Morgan fingerprint density at radius 3 is 2.93 bits per heavy atom. The van der Waals surface area contributed by atoms with Gasteiger partial charge in [-0.2, -0.15) is 5.10 Å². The van der Waals surface area contributed by atoms with Crippen molar-refractivity contribution in [1.82, 2.24) is 9.78 Å². The van der Waals surface area contributed by atoms with Crippen molar-refractivity contribution < 1.29 is 0 Å². The van der Waals surface area contributed by atoms with Crippen LogP contribution in [0.1, 0.15) is 45.4 Å². The maximum absolute atomic E-state index is 4.33. The van der Waals surface area contributed by atoms with Gasteiger partial charge in [0.2, 0.25) is 0 Å². The SMILES string of the molecule is CCCn1nccc1NC1CCCCC1. The minimum absolute atomic E-state index is 0.672. The van der Waals surface area contributed by atoms with E-state index in [9.17, 15) is 0 Å². The Hall–Kier alpha value is -0.990. The molecule has 1 N–H and O–H groups in total. The van der Waals surface area contributed by atoms with Crippen LogP contribution in [0.3, 0.4) is 0 Å². The molecule has 2 rings (SSSR count). The zero-order valence-corrected chi connectivity index (χ0v) is 9.58. The number of nitrogens with one attached hydrogen (secondary N) is 1. The Kier molecular flexibility index (Phi) is 3.64. The fourth-order valence-electron chi connectivity index (χ4n) is 2.30. The molecule has 0 spiro atoms. The first-order valence-electron chi connectivity index (χ1n) is 6.18. The lowest BCUT2D eigenvalue weighted by Crippen LogP contribution is -2.24. The molecule has 0 unspecified atom stereocenters.